The molecule has 0 amide bonds. The minimum atomic E-state index is 0.702. The van der Waals surface area contributed by atoms with Crippen molar-refractivity contribution in [2.45, 2.75) is 57.9 Å². The Kier molecular flexibility index (Phi) is 9.54. The Labute approximate surface area is 113 Å². The van der Waals surface area contributed by atoms with Crippen LogP contribution in [0.1, 0.15) is 51.9 Å². The molecule has 1 saturated carbocycles. The molecular formula is C15H31NO2. The first-order valence-corrected chi connectivity index (χ1v) is 7.68. The van der Waals surface area contributed by atoms with Crippen LogP contribution in [0.15, 0.2) is 0 Å². The number of rotatable bonds is 10. The van der Waals surface area contributed by atoms with E-state index in [4.69, 9.17) is 9.47 Å². The van der Waals surface area contributed by atoms with E-state index in [2.05, 4.69) is 12.2 Å². The molecule has 1 rings (SSSR count). The second-order valence-corrected chi connectivity index (χ2v) is 5.33. The average Bonchev–Trinajstić information content (AvgIpc) is 2.43. The van der Waals surface area contributed by atoms with Gasteiger partial charge in [0, 0.05) is 32.9 Å². The van der Waals surface area contributed by atoms with Gasteiger partial charge in [-0.25, -0.2) is 0 Å². The van der Waals surface area contributed by atoms with Gasteiger partial charge in [0.15, 0.2) is 0 Å². The highest BCUT2D eigenvalue weighted by molar-refractivity contribution is 4.78. The number of methoxy groups -OCH3 is 1. The third-order valence-electron chi connectivity index (χ3n) is 3.95. The summed E-state index contributed by atoms with van der Waals surface area (Å²) < 4.78 is 10.6. The minimum Gasteiger partial charge on any atom is -0.385 e. The third-order valence-corrected chi connectivity index (χ3v) is 3.95. The van der Waals surface area contributed by atoms with Gasteiger partial charge in [0.05, 0.1) is 6.61 Å². The van der Waals surface area contributed by atoms with Gasteiger partial charge in [0.25, 0.3) is 0 Å². The van der Waals surface area contributed by atoms with Crippen LogP contribution in [0.3, 0.4) is 0 Å². The first kappa shape index (κ1) is 15.9. The summed E-state index contributed by atoms with van der Waals surface area (Å²) in [7, 11) is 1.73. The monoisotopic (exact) mass is 257 g/mol. The first-order valence-electron chi connectivity index (χ1n) is 7.68. The van der Waals surface area contributed by atoms with E-state index >= 15 is 0 Å². The van der Waals surface area contributed by atoms with E-state index in [1.807, 2.05) is 0 Å². The SMILES string of the molecule is CCC(NCCOCCCOC)C1CCCCC1. The van der Waals surface area contributed by atoms with Crippen LogP contribution in [-0.4, -0.2) is 39.5 Å². The molecule has 0 aromatic carbocycles. The zero-order valence-electron chi connectivity index (χ0n) is 12.2. The highest BCUT2D eigenvalue weighted by Crippen LogP contribution is 2.27. The van der Waals surface area contributed by atoms with Crippen molar-refractivity contribution in [3.8, 4) is 0 Å². The lowest BCUT2D eigenvalue weighted by molar-refractivity contribution is 0.101. The lowest BCUT2D eigenvalue weighted by atomic mass is 9.83. The Morgan fingerprint density at radius 1 is 1.11 bits per heavy atom. The van der Waals surface area contributed by atoms with E-state index in [9.17, 15) is 0 Å². The summed E-state index contributed by atoms with van der Waals surface area (Å²) in [5, 5.41) is 3.67. The summed E-state index contributed by atoms with van der Waals surface area (Å²) in [6.07, 6.45) is 9.37. The molecule has 1 aliphatic carbocycles. The maximum atomic E-state index is 5.58. The molecule has 1 N–H and O–H groups in total. The second kappa shape index (κ2) is 10.8. The van der Waals surface area contributed by atoms with Crippen LogP contribution < -0.4 is 5.32 Å². The minimum absolute atomic E-state index is 0.702. The van der Waals surface area contributed by atoms with Crippen LogP contribution in [0.5, 0.6) is 0 Å². The van der Waals surface area contributed by atoms with Crippen molar-refractivity contribution in [3.63, 3.8) is 0 Å². The molecule has 0 spiro atoms. The van der Waals surface area contributed by atoms with E-state index in [1.54, 1.807) is 7.11 Å². The summed E-state index contributed by atoms with van der Waals surface area (Å²) >= 11 is 0. The Morgan fingerprint density at radius 3 is 2.56 bits per heavy atom. The van der Waals surface area contributed by atoms with Gasteiger partial charge in [-0.2, -0.15) is 0 Å². The highest BCUT2D eigenvalue weighted by Gasteiger charge is 2.21. The van der Waals surface area contributed by atoms with E-state index in [0.29, 0.717) is 6.04 Å². The van der Waals surface area contributed by atoms with Crippen LogP contribution in [0.4, 0.5) is 0 Å². The molecule has 1 aliphatic rings. The molecule has 0 aromatic rings. The molecule has 1 fully saturated rings. The Hall–Kier alpha value is -0.120. The van der Waals surface area contributed by atoms with Gasteiger partial charge in [-0.3, -0.25) is 0 Å². The fourth-order valence-corrected chi connectivity index (χ4v) is 2.90. The maximum absolute atomic E-state index is 5.58. The van der Waals surface area contributed by atoms with Crippen molar-refractivity contribution in [1.82, 2.24) is 5.32 Å². The Morgan fingerprint density at radius 2 is 1.89 bits per heavy atom. The van der Waals surface area contributed by atoms with E-state index < -0.39 is 0 Å². The molecule has 108 valence electrons. The van der Waals surface area contributed by atoms with Crippen LogP contribution in [0, 0.1) is 5.92 Å². The normalized spacial score (nSPS) is 19.0. The third kappa shape index (κ3) is 6.72. The summed E-state index contributed by atoms with van der Waals surface area (Å²) in [6, 6.07) is 0.702. The molecule has 0 radical (unpaired) electrons. The van der Waals surface area contributed by atoms with Gasteiger partial charge in [-0.05, 0) is 31.6 Å². The average molecular weight is 257 g/mol. The second-order valence-electron chi connectivity index (χ2n) is 5.33. The van der Waals surface area contributed by atoms with Crippen molar-refractivity contribution in [3.05, 3.63) is 0 Å². The van der Waals surface area contributed by atoms with Crippen molar-refractivity contribution in [2.24, 2.45) is 5.92 Å². The zero-order chi connectivity index (χ0) is 13.1. The molecule has 3 nitrogen and oxygen atoms in total. The summed E-state index contributed by atoms with van der Waals surface area (Å²) in [6.45, 7) is 5.73. The smallest absolute Gasteiger partial charge is 0.0591 e. The summed E-state index contributed by atoms with van der Waals surface area (Å²) in [5.41, 5.74) is 0. The molecule has 18 heavy (non-hydrogen) atoms. The standard InChI is InChI=1S/C15H31NO2/c1-3-15(14-8-5-4-6-9-14)16-10-13-18-12-7-11-17-2/h14-16H,3-13H2,1-2H3. The van der Waals surface area contributed by atoms with E-state index in [0.717, 1.165) is 38.7 Å². The van der Waals surface area contributed by atoms with E-state index in [-0.39, 0.29) is 0 Å². The van der Waals surface area contributed by atoms with Gasteiger partial charge in [-0.15, -0.1) is 0 Å². The predicted octanol–water partition coefficient (Wildman–Crippen LogP) is 2.99. The molecule has 0 aromatic heterocycles. The molecular weight excluding hydrogens is 226 g/mol. The molecule has 3 heteroatoms. The fourth-order valence-electron chi connectivity index (χ4n) is 2.90. The molecule has 0 aliphatic heterocycles. The Bertz CT molecular complexity index is 181. The fraction of sp³-hybridized carbons (Fsp3) is 1.00. The quantitative estimate of drug-likeness (QED) is 0.610. The largest absolute Gasteiger partial charge is 0.385 e. The first-order chi connectivity index (χ1) is 8.88. The topological polar surface area (TPSA) is 30.5 Å². The number of nitrogens with one attached hydrogen (secondary N) is 1. The number of hydrogen-bond acceptors (Lipinski definition) is 3. The molecule has 0 heterocycles. The van der Waals surface area contributed by atoms with Crippen LogP contribution >= 0.6 is 0 Å². The van der Waals surface area contributed by atoms with Gasteiger partial charge >= 0.3 is 0 Å². The lowest BCUT2D eigenvalue weighted by Crippen LogP contribution is -2.38. The Balaban J connectivity index is 2.00. The van der Waals surface area contributed by atoms with Crippen LogP contribution in [0.25, 0.3) is 0 Å². The van der Waals surface area contributed by atoms with Gasteiger partial charge in [-0.1, -0.05) is 26.2 Å². The van der Waals surface area contributed by atoms with Gasteiger partial charge in [0.1, 0.15) is 0 Å². The summed E-state index contributed by atoms with van der Waals surface area (Å²) in [5.74, 6) is 0.900. The maximum Gasteiger partial charge on any atom is 0.0591 e. The molecule has 0 bridgehead atoms. The molecule has 0 saturated heterocycles. The predicted molar refractivity (Wildman–Crippen MR) is 76.0 cm³/mol. The van der Waals surface area contributed by atoms with E-state index in [1.165, 1.54) is 38.5 Å². The summed E-state index contributed by atoms with van der Waals surface area (Å²) in [4.78, 5) is 0. The molecule has 1 unspecified atom stereocenters. The van der Waals surface area contributed by atoms with Crippen LogP contribution in [-0.2, 0) is 9.47 Å². The van der Waals surface area contributed by atoms with Gasteiger partial charge in [0.2, 0.25) is 0 Å². The highest BCUT2D eigenvalue weighted by atomic mass is 16.5. The van der Waals surface area contributed by atoms with Gasteiger partial charge < -0.3 is 14.8 Å². The van der Waals surface area contributed by atoms with Crippen molar-refractivity contribution < 1.29 is 9.47 Å². The van der Waals surface area contributed by atoms with Crippen molar-refractivity contribution in [2.75, 3.05) is 33.5 Å². The lowest BCUT2D eigenvalue weighted by Gasteiger charge is -2.30. The number of ether oxygens (including phenoxy) is 2. The zero-order valence-corrected chi connectivity index (χ0v) is 12.2. The van der Waals surface area contributed by atoms with Crippen molar-refractivity contribution in [1.29, 1.82) is 0 Å². The van der Waals surface area contributed by atoms with Crippen molar-refractivity contribution >= 4 is 0 Å². The molecule has 1 atom stereocenters. The van der Waals surface area contributed by atoms with Crippen LogP contribution in [0.2, 0.25) is 0 Å². The number of hydrogen-bond donors (Lipinski definition) is 1.